The summed E-state index contributed by atoms with van der Waals surface area (Å²) in [6.45, 7) is 5.65. The van der Waals surface area contributed by atoms with Crippen LogP contribution in [0, 0.1) is 0 Å². The van der Waals surface area contributed by atoms with Crippen LogP contribution in [-0.2, 0) is 9.59 Å². The van der Waals surface area contributed by atoms with Gasteiger partial charge in [0.05, 0.1) is 0 Å². The number of aliphatic carboxylic acids is 1. The number of anilines is 1. The Kier molecular flexibility index (Phi) is 5.30. The molecule has 1 unspecified atom stereocenters. The summed E-state index contributed by atoms with van der Waals surface area (Å²) in [4.78, 5) is 22.4. The van der Waals surface area contributed by atoms with Gasteiger partial charge in [0.1, 0.15) is 0 Å². The maximum atomic E-state index is 11.9. The lowest BCUT2D eigenvalue weighted by atomic mass is 9.97. The van der Waals surface area contributed by atoms with Crippen molar-refractivity contribution in [3.63, 3.8) is 0 Å². The molecule has 0 aliphatic rings. The van der Waals surface area contributed by atoms with Crippen LogP contribution in [0.2, 0.25) is 0 Å². The summed E-state index contributed by atoms with van der Waals surface area (Å²) in [5.41, 5.74) is 1.97. The number of hydrogen-bond acceptors (Lipinski definition) is 2. The molecule has 0 saturated carbocycles. The van der Waals surface area contributed by atoms with Gasteiger partial charge in [-0.15, -0.1) is 0 Å². The molecule has 0 bridgehead atoms. The molecular formula is C15H19NO3. The lowest BCUT2D eigenvalue weighted by Crippen LogP contribution is -2.15. The predicted molar refractivity (Wildman–Crippen MR) is 75.2 cm³/mol. The Bertz CT molecular complexity index is 506. The molecule has 1 atom stereocenters. The molecule has 102 valence electrons. The maximum Gasteiger partial charge on any atom is 0.328 e. The Morgan fingerprint density at radius 1 is 1.37 bits per heavy atom. The fourth-order valence-corrected chi connectivity index (χ4v) is 1.73. The fourth-order valence-electron chi connectivity index (χ4n) is 1.73. The van der Waals surface area contributed by atoms with E-state index in [2.05, 4.69) is 19.2 Å². The van der Waals surface area contributed by atoms with Gasteiger partial charge in [-0.05, 0) is 30.9 Å². The minimum Gasteiger partial charge on any atom is -0.478 e. The highest BCUT2D eigenvalue weighted by atomic mass is 16.4. The highest BCUT2D eigenvalue weighted by Gasteiger charge is 2.12. The molecule has 0 aromatic heterocycles. The van der Waals surface area contributed by atoms with Crippen LogP contribution < -0.4 is 5.32 Å². The fraction of sp³-hybridized carbons (Fsp3) is 0.333. The van der Waals surface area contributed by atoms with Crippen LogP contribution in [-0.4, -0.2) is 17.0 Å². The van der Waals surface area contributed by atoms with Gasteiger partial charge < -0.3 is 10.4 Å². The number of carboxylic acids is 1. The molecule has 1 amide bonds. The topological polar surface area (TPSA) is 66.4 Å². The van der Waals surface area contributed by atoms with Crippen molar-refractivity contribution in [1.29, 1.82) is 0 Å². The highest BCUT2D eigenvalue weighted by molar-refractivity contribution is 6.06. The number of hydrogen-bond donors (Lipinski definition) is 2. The van der Waals surface area contributed by atoms with Crippen LogP contribution in [0.15, 0.2) is 35.9 Å². The van der Waals surface area contributed by atoms with Crippen LogP contribution in [0.25, 0.3) is 0 Å². The minimum atomic E-state index is -1.12. The molecular weight excluding hydrogens is 242 g/mol. The van der Waals surface area contributed by atoms with Crippen LogP contribution in [0.4, 0.5) is 5.69 Å². The third-order valence-corrected chi connectivity index (χ3v) is 3.05. The Morgan fingerprint density at radius 3 is 2.58 bits per heavy atom. The molecule has 0 radical (unpaired) electrons. The van der Waals surface area contributed by atoms with E-state index in [0.29, 0.717) is 5.92 Å². The SMILES string of the molecule is CCC(C)c1ccccc1NC(=O)/C(C)=C/C(=O)O. The zero-order valence-electron chi connectivity index (χ0n) is 11.4. The van der Waals surface area contributed by atoms with Gasteiger partial charge in [-0.2, -0.15) is 0 Å². The number of nitrogens with one attached hydrogen (secondary N) is 1. The lowest BCUT2D eigenvalue weighted by Gasteiger charge is -2.15. The van der Waals surface area contributed by atoms with E-state index in [4.69, 9.17) is 5.11 Å². The van der Waals surface area contributed by atoms with Gasteiger partial charge in [0.2, 0.25) is 0 Å². The Morgan fingerprint density at radius 2 is 2.00 bits per heavy atom. The van der Waals surface area contributed by atoms with Gasteiger partial charge in [0.25, 0.3) is 5.91 Å². The predicted octanol–water partition coefficient (Wildman–Crippen LogP) is 3.17. The molecule has 0 aliphatic heterocycles. The van der Waals surface area contributed by atoms with Crippen LogP contribution >= 0.6 is 0 Å². The van der Waals surface area contributed by atoms with Crippen molar-refractivity contribution in [3.05, 3.63) is 41.5 Å². The molecule has 0 fully saturated rings. The summed E-state index contributed by atoms with van der Waals surface area (Å²) in [5.74, 6) is -1.18. The molecule has 1 rings (SSSR count). The van der Waals surface area contributed by atoms with Crippen molar-refractivity contribution in [2.45, 2.75) is 33.1 Å². The van der Waals surface area contributed by atoms with E-state index < -0.39 is 11.9 Å². The second-order valence-corrected chi connectivity index (χ2v) is 4.52. The van der Waals surface area contributed by atoms with E-state index in [1.54, 1.807) is 0 Å². The Labute approximate surface area is 113 Å². The van der Waals surface area contributed by atoms with Crippen molar-refractivity contribution in [2.24, 2.45) is 0 Å². The third-order valence-electron chi connectivity index (χ3n) is 3.05. The second-order valence-electron chi connectivity index (χ2n) is 4.52. The van der Waals surface area contributed by atoms with E-state index >= 15 is 0 Å². The molecule has 4 nitrogen and oxygen atoms in total. The molecule has 2 N–H and O–H groups in total. The molecule has 19 heavy (non-hydrogen) atoms. The van der Waals surface area contributed by atoms with Crippen LogP contribution in [0.3, 0.4) is 0 Å². The van der Waals surface area contributed by atoms with E-state index in [-0.39, 0.29) is 5.57 Å². The molecule has 0 saturated heterocycles. The van der Waals surface area contributed by atoms with Gasteiger partial charge in [-0.3, -0.25) is 4.79 Å². The van der Waals surface area contributed by atoms with Gasteiger partial charge in [-0.25, -0.2) is 4.79 Å². The summed E-state index contributed by atoms with van der Waals surface area (Å²) in [6.07, 6.45) is 1.87. The van der Waals surface area contributed by atoms with Crippen molar-refractivity contribution in [3.8, 4) is 0 Å². The average molecular weight is 261 g/mol. The largest absolute Gasteiger partial charge is 0.478 e. The van der Waals surface area contributed by atoms with Gasteiger partial charge in [0, 0.05) is 17.3 Å². The number of carbonyl (C=O) groups is 2. The number of para-hydroxylation sites is 1. The van der Waals surface area contributed by atoms with Crippen molar-refractivity contribution >= 4 is 17.6 Å². The molecule has 1 aromatic carbocycles. The van der Waals surface area contributed by atoms with E-state index in [1.807, 2.05) is 24.3 Å². The van der Waals surface area contributed by atoms with Gasteiger partial charge >= 0.3 is 5.97 Å². The number of carboxylic acid groups (broad SMARTS) is 1. The zero-order valence-corrected chi connectivity index (χ0v) is 11.4. The summed E-state index contributed by atoms with van der Waals surface area (Å²) >= 11 is 0. The number of amides is 1. The summed E-state index contributed by atoms with van der Waals surface area (Å²) in [5, 5.41) is 11.4. The highest BCUT2D eigenvalue weighted by Crippen LogP contribution is 2.26. The normalized spacial score (nSPS) is 12.9. The summed E-state index contributed by atoms with van der Waals surface area (Å²) < 4.78 is 0. The lowest BCUT2D eigenvalue weighted by molar-refractivity contribution is -0.131. The first-order chi connectivity index (χ1) is 8.95. The molecule has 0 spiro atoms. The number of carbonyl (C=O) groups excluding carboxylic acids is 1. The van der Waals surface area contributed by atoms with E-state index in [0.717, 1.165) is 23.7 Å². The second kappa shape index (κ2) is 6.73. The smallest absolute Gasteiger partial charge is 0.328 e. The monoisotopic (exact) mass is 261 g/mol. The van der Waals surface area contributed by atoms with Crippen molar-refractivity contribution in [2.75, 3.05) is 5.32 Å². The molecule has 4 heteroatoms. The summed E-state index contributed by atoms with van der Waals surface area (Å²) in [6, 6.07) is 7.57. The first-order valence-corrected chi connectivity index (χ1v) is 6.27. The molecule has 0 aliphatic carbocycles. The van der Waals surface area contributed by atoms with E-state index in [9.17, 15) is 9.59 Å². The Hall–Kier alpha value is -2.10. The molecule has 0 heterocycles. The Balaban J connectivity index is 2.94. The average Bonchev–Trinajstić information content (AvgIpc) is 2.37. The maximum absolute atomic E-state index is 11.9. The number of rotatable bonds is 5. The van der Waals surface area contributed by atoms with E-state index in [1.165, 1.54) is 6.92 Å². The standard InChI is InChI=1S/C15H19NO3/c1-4-10(2)12-7-5-6-8-13(12)16-15(19)11(3)9-14(17)18/h5-10H,4H2,1-3H3,(H,16,19)(H,17,18)/b11-9+. The van der Waals surface area contributed by atoms with Crippen molar-refractivity contribution in [1.82, 2.24) is 0 Å². The zero-order chi connectivity index (χ0) is 14.4. The first kappa shape index (κ1) is 15.0. The third kappa shape index (κ3) is 4.25. The van der Waals surface area contributed by atoms with Gasteiger partial charge in [0.15, 0.2) is 0 Å². The van der Waals surface area contributed by atoms with Crippen molar-refractivity contribution < 1.29 is 14.7 Å². The first-order valence-electron chi connectivity index (χ1n) is 6.27. The van der Waals surface area contributed by atoms with Crippen LogP contribution in [0.5, 0.6) is 0 Å². The quantitative estimate of drug-likeness (QED) is 0.800. The van der Waals surface area contributed by atoms with Gasteiger partial charge in [-0.1, -0.05) is 32.0 Å². The van der Waals surface area contributed by atoms with Crippen LogP contribution in [0.1, 0.15) is 38.7 Å². The minimum absolute atomic E-state index is 0.173. The summed E-state index contributed by atoms with van der Waals surface area (Å²) in [7, 11) is 0. The number of benzene rings is 1. The molecule has 1 aromatic rings.